The van der Waals surface area contributed by atoms with E-state index in [0.717, 1.165) is 36.8 Å². The Hall–Kier alpha value is -2.90. The van der Waals surface area contributed by atoms with Gasteiger partial charge in [-0.2, -0.15) is 0 Å². The molecule has 2 aromatic carbocycles. The summed E-state index contributed by atoms with van der Waals surface area (Å²) in [5.41, 5.74) is 5.44. The molecule has 7 heteroatoms. The van der Waals surface area contributed by atoms with Crippen LogP contribution in [0.15, 0.2) is 48.5 Å². The van der Waals surface area contributed by atoms with Crippen LogP contribution in [0.4, 0.5) is 0 Å². The Balaban J connectivity index is 1.52. The number of methoxy groups -OCH3 is 2. The zero-order valence-electron chi connectivity index (χ0n) is 19.2. The van der Waals surface area contributed by atoms with Gasteiger partial charge in [-0.3, -0.25) is 14.5 Å². The second-order valence-corrected chi connectivity index (χ2v) is 9.14. The molecule has 1 aliphatic carbocycles. The summed E-state index contributed by atoms with van der Waals surface area (Å²) in [6, 6.07) is 14.8. The van der Waals surface area contributed by atoms with Gasteiger partial charge in [0.05, 0.1) is 26.2 Å². The maximum absolute atomic E-state index is 13.8. The highest BCUT2D eigenvalue weighted by atomic mass is 16.5. The number of hydrogen-bond donors (Lipinski definition) is 1. The number of fused-ring (bicyclic) bond motifs is 1. The van der Waals surface area contributed by atoms with E-state index >= 15 is 0 Å². The van der Waals surface area contributed by atoms with E-state index in [4.69, 9.17) is 9.47 Å². The Bertz CT molecular complexity index is 1020. The number of likely N-dealkylation sites (tertiary alicyclic amines) is 1. The monoisotopic (exact) mass is 449 g/mol. The van der Waals surface area contributed by atoms with Crippen LogP contribution in [0, 0.1) is 5.92 Å². The first kappa shape index (κ1) is 21.9. The third-order valence-electron chi connectivity index (χ3n) is 7.26. The van der Waals surface area contributed by atoms with E-state index in [9.17, 15) is 9.59 Å². The molecule has 174 valence electrons. The highest BCUT2D eigenvalue weighted by molar-refractivity contribution is 6.08. The van der Waals surface area contributed by atoms with Crippen LogP contribution in [-0.4, -0.2) is 48.0 Å². The molecule has 2 heterocycles. The van der Waals surface area contributed by atoms with Gasteiger partial charge in [-0.05, 0) is 30.5 Å². The van der Waals surface area contributed by atoms with E-state index in [1.54, 1.807) is 19.1 Å². The summed E-state index contributed by atoms with van der Waals surface area (Å²) in [5.74, 6) is 0.691. The predicted molar refractivity (Wildman–Crippen MR) is 123 cm³/mol. The number of rotatable bonds is 6. The van der Waals surface area contributed by atoms with Crippen LogP contribution in [0.2, 0.25) is 0 Å². The van der Waals surface area contributed by atoms with E-state index < -0.39 is 12.0 Å². The van der Waals surface area contributed by atoms with Crippen LogP contribution >= 0.6 is 0 Å². The Kier molecular flexibility index (Phi) is 6.08. The fourth-order valence-electron chi connectivity index (χ4n) is 5.65. The number of amides is 2. The molecule has 3 fully saturated rings. The molecule has 0 bridgehead atoms. The largest absolute Gasteiger partial charge is 0.497 e. The molecule has 3 aliphatic rings. The number of carbonyl (C=O) groups is 2. The third-order valence-corrected chi connectivity index (χ3v) is 7.26. The molecule has 2 saturated heterocycles. The van der Waals surface area contributed by atoms with E-state index in [2.05, 4.69) is 5.43 Å². The molecule has 33 heavy (non-hydrogen) atoms. The van der Waals surface area contributed by atoms with Crippen molar-refractivity contribution < 1.29 is 19.1 Å². The zero-order chi connectivity index (χ0) is 22.9. The van der Waals surface area contributed by atoms with Crippen molar-refractivity contribution in [2.75, 3.05) is 14.2 Å². The van der Waals surface area contributed by atoms with Crippen LogP contribution < -0.4 is 14.9 Å². The molecule has 2 amide bonds. The lowest BCUT2D eigenvalue weighted by molar-refractivity contribution is -0.145. The van der Waals surface area contributed by atoms with Crippen molar-refractivity contribution in [3.8, 4) is 11.5 Å². The molecule has 3 atom stereocenters. The normalized spacial score (nSPS) is 26.0. The topological polar surface area (TPSA) is 71.1 Å². The molecule has 0 spiro atoms. The van der Waals surface area contributed by atoms with Crippen molar-refractivity contribution in [1.29, 1.82) is 0 Å². The second kappa shape index (κ2) is 9.15. The van der Waals surface area contributed by atoms with E-state index in [-0.39, 0.29) is 23.9 Å². The first-order valence-electron chi connectivity index (χ1n) is 11.8. The highest BCUT2D eigenvalue weighted by Gasteiger charge is 2.60. The Morgan fingerprint density at radius 1 is 0.939 bits per heavy atom. The van der Waals surface area contributed by atoms with Gasteiger partial charge in [-0.25, -0.2) is 10.4 Å². The molecule has 2 aromatic rings. The minimum Gasteiger partial charge on any atom is -0.497 e. The molecule has 7 nitrogen and oxygen atoms in total. The van der Waals surface area contributed by atoms with Gasteiger partial charge in [-0.1, -0.05) is 49.6 Å². The van der Waals surface area contributed by atoms with Crippen LogP contribution in [0.5, 0.6) is 11.5 Å². The predicted octanol–water partition coefficient (Wildman–Crippen LogP) is 3.45. The van der Waals surface area contributed by atoms with E-state index in [1.807, 2.05) is 53.5 Å². The quantitative estimate of drug-likeness (QED) is 0.681. The second-order valence-electron chi connectivity index (χ2n) is 9.14. The van der Waals surface area contributed by atoms with E-state index in [0.29, 0.717) is 18.0 Å². The fourth-order valence-corrected chi connectivity index (χ4v) is 5.65. The zero-order valence-corrected chi connectivity index (χ0v) is 19.2. The van der Waals surface area contributed by atoms with Crippen LogP contribution in [0.25, 0.3) is 0 Å². The van der Waals surface area contributed by atoms with Crippen molar-refractivity contribution in [3.05, 3.63) is 59.7 Å². The lowest BCUT2D eigenvalue weighted by Gasteiger charge is -2.32. The summed E-state index contributed by atoms with van der Waals surface area (Å²) in [4.78, 5) is 29.1. The maximum Gasteiger partial charge on any atom is 0.249 e. The molecule has 0 aromatic heterocycles. The van der Waals surface area contributed by atoms with Gasteiger partial charge in [0.25, 0.3) is 0 Å². The number of hydrogen-bond acceptors (Lipinski definition) is 6. The molecule has 0 unspecified atom stereocenters. The van der Waals surface area contributed by atoms with Gasteiger partial charge in [0.15, 0.2) is 0 Å². The lowest BCUT2D eigenvalue weighted by Crippen LogP contribution is -2.48. The first-order valence-corrected chi connectivity index (χ1v) is 11.8. The van der Waals surface area contributed by atoms with Crippen molar-refractivity contribution in [1.82, 2.24) is 15.3 Å². The standard InChI is InChI=1S/C26H31N3O4/c1-32-19-13-14-20(21(15-19)33-2)23-22-24(28(27-23)16-17-9-5-3-6-10-17)26(31)29(25(22)30)18-11-7-4-8-12-18/h3,5-6,9-10,13-15,18,22-24,27H,4,7-8,11-12,16H2,1-2H3/t22-,23-,24+/m1/s1. The molecular weight excluding hydrogens is 418 g/mol. The van der Waals surface area contributed by atoms with Crippen molar-refractivity contribution >= 4 is 11.8 Å². The summed E-state index contributed by atoms with van der Waals surface area (Å²) < 4.78 is 11.0. The molecular formula is C26H31N3O4. The minimum atomic E-state index is -0.531. The summed E-state index contributed by atoms with van der Waals surface area (Å²) in [7, 11) is 3.23. The molecule has 0 radical (unpaired) electrons. The van der Waals surface area contributed by atoms with Crippen LogP contribution in [0.1, 0.15) is 49.3 Å². The number of nitrogens with zero attached hydrogens (tertiary/aromatic N) is 2. The van der Waals surface area contributed by atoms with Crippen LogP contribution in [0.3, 0.4) is 0 Å². The Labute approximate surface area is 194 Å². The highest BCUT2D eigenvalue weighted by Crippen LogP contribution is 2.45. The van der Waals surface area contributed by atoms with Gasteiger partial charge in [0.1, 0.15) is 17.5 Å². The molecule has 1 N–H and O–H groups in total. The molecule has 1 saturated carbocycles. The SMILES string of the molecule is COc1ccc([C@H]2NN(Cc3ccccc3)[C@@H]3C(=O)N(C4CCCCC4)C(=O)[C@H]23)c(OC)c1. The minimum absolute atomic E-state index is 0.0151. The van der Waals surface area contributed by atoms with Gasteiger partial charge in [0.2, 0.25) is 11.8 Å². The smallest absolute Gasteiger partial charge is 0.249 e. The lowest BCUT2D eigenvalue weighted by atomic mass is 9.90. The maximum atomic E-state index is 13.8. The van der Waals surface area contributed by atoms with Crippen molar-refractivity contribution in [2.24, 2.45) is 5.92 Å². The molecule has 5 rings (SSSR count). The summed E-state index contributed by atoms with van der Waals surface area (Å²) in [5, 5.41) is 1.96. The van der Waals surface area contributed by atoms with Crippen molar-refractivity contribution in [3.63, 3.8) is 0 Å². The first-order chi connectivity index (χ1) is 16.1. The van der Waals surface area contributed by atoms with Gasteiger partial charge < -0.3 is 9.47 Å². The number of ether oxygens (including phenoxy) is 2. The van der Waals surface area contributed by atoms with Gasteiger partial charge in [0, 0.05) is 24.2 Å². The summed E-state index contributed by atoms with van der Waals surface area (Å²) >= 11 is 0. The average molecular weight is 450 g/mol. The third kappa shape index (κ3) is 3.89. The van der Waals surface area contributed by atoms with Gasteiger partial charge in [-0.15, -0.1) is 0 Å². The van der Waals surface area contributed by atoms with Crippen LogP contribution in [-0.2, 0) is 16.1 Å². The Morgan fingerprint density at radius 2 is 1.70 bits per heavy atom. The summed E-state index contributed by atoms with van der Waals surface area (Å²) in [6.07, 6.45) is 5.11. The summed E-state index contributed by atoms with van der Waals surface area (Å²) in [6.45, 7) is 0.536. The Morgan fingerprint density at radius 3 is 2.39 bits per heavy atom. The number of carbonyl (C=O) groups excluding carboxylic acids is 2. The fraction of sp³-hybridized carbons (Fsp3) is 0.462. The van der Waals surface area contributed by atoms with E-state index in [1.165, 1.54) is 6.42 Å². The molecule has 2 aliphatic heterocycles. The number of benzene rings is 2. The average Bonchev–Trinajstić information content (AvgIpc) is 3.35. The number of nitrogens with one attached hydrogen (secondary N) is 1. The van der Waals surface area contributed by atoms with Gasteiger partial charge >= 0.3 is 0 Å². The van der Waals surface area contributed by atoms with Crippen molar-refractivity contribution in [2.45, 2.75) is 56.8 Å². The number of hydrazine groups is 1. The number of imide groups is 1.